The third kappa shape index (κ3) is 4.73. The maximum Gasteiger partial charge on any atom is 0.287 e. The Hall–Kier alpha value is -1.25. The van der Waals surface area contributed by atoms with Gasteiger partial charge in [0.15, 0.2) is 16.9 Å². The summed E-state index contributed by atoms with van der Waals surface area (Å²) in [5, 5.41) is 5.75. The highest BCUT2D eigenvalue weighted by molar-refractivity contribution is 7.80. The van der Waals surface area contributed by atoms with Crippen LogP contribution >= 0.6 is 0 Å². The lowest BCUT2D eigenvalue weighted by Crippen LogP contribution is -2.41. The van der Waals surface area contributed by atoms with Crippen molar-refractivity contribution >= 4 is 17.0 Å². The topological polar surface area (TPSA) is 96.3 Å². The van der Waals surface area contributed by atoms with Crippen molar-refractivity contribution in [1.82, 2.24) is 20.2 Å². The molecule has 0 saturated carbocycles. The number of rotatable bonds is 7. The number of hydrogen-bond acceptors (Lipinski definition) is 4. The van der Waals surface area contributed by atoms with Crippen LogP contribution in [0.3, 0.4) is 0 Å². The zero-order valence-corrected chi connectivity index (χ0v) is 12.2. The summed E-state index contributed by atoms with van der Waals surface area (Å²) < 4.78 is 20.9. The molecule has 0 aliphatic heterocycles. The molecule has 0 spiro atoms. The van der Waals surface area contributed by atoms with Crippen LogP contribution in [0.1, 0.15) is 24.5 Å². The maximum absolute atomic E-state index is 11.7. The second-order valence-electron chi connectivity index (χ2n) is 4.80. The fraction of sp³-hybridized carbons (Fsp3) is 0.636. The first-order valence-electron chi connectivity index (χ1n) is 5.92. The Labute approximate surface area is 115 Å². The van der Waals surface area contributed by atoms with Crippen molar-refractivity contribution in [3.63, 3.8) is 0 Å². The van der Waals surface area contributed by atoms with Crippen molar-refractivity contribution in [3.8, 4) is 0 Å². The minimum Gasteiger partial charge on any atom is -0.348 e. The molecule has 0 aromatic carbocycles. The van der Waals surface area contributed by atoms with E-state index < -0.39 is 15.8 Å². The summed E-state index contributed by atoms with van der Waals surface area (Å²) in [5.74, 6) is 0.121. The van der Waals surface area contributed by atoms with Crippen molar-refractivity contribution < 1.29 is 13.6 Å². The molecule has 1 aromatic rings. The predicted octanol–water partition coefficient (Wildman–Crippen LogP) is -0.260. The molecule has 0 aliphatic carbocycles. The number of aryl methyl sites for hydroxylation is 1. The molecule has 1 heterocycles. The Morgan fingerprint density at radius 1 is 1.53 bits per heavy atom. The number of imidazole rings is 1. The molecule has 7 nitrogen and oxygen atoms in total. The number of hydrogen-bond donors (Lipinski definition) is 3. The Bertz CT molecular complexity index is 459. The van der Waals surface area contributed by atoms with Gasteiger partial charge in [-0.2, -0.15) is 0 Å². The minimum atomic E-state index is -1.88. The third-order valence-corrected chi connectivity index (χ3v) is 3.72. The van der Waals surface area contributed by atoms with Crippen LogP contribution in [0.4, 0.5) is 0 Å². The van der Waals surface area contributed by atoms with Crippen molar-refractivity contribution in [3.05, 3.63) is 18.2 Å². The summed E-state index contributed by atoms with van der Waals surface area (Å²) in [6, 6.07) is 0. The Morgan fingerprint density at radius 3 is 2.74 bits per heavy atom. The Morgan fingerprint density at radius 2 is 2.21 bits per heavy atom. The molecule has 0 fully saturated rings. The average molecular weight is 288 g/mol. The smallest absolute Gasteiger partial charge is 0.287 e. The first kappa shape index (κ1) is 15.8. The van der Waals surface area contributed by atoms with Gasteiger partial charge in [-0.05, 0) is 13.8 Å². The first-order valence-corrected chi connectivity index (χ1v) is 7.02. The summed E-state index contributed by atoms with van der Waals surface area (Å²) in [7, 11) is 1.75. The van der Waals surface area contributed by atoms with E-state index in [4.69, 9.17) is 4.55 Å². The summed E-state index contributed by atoms with van der Waals surface area (Å²) >= 11 is -1.88. The first-order chi connectivity index (χ1) is 8.84. The molecule has 108 valence electrons. The number of carbonyl (C=O) groups excluding carboxylic acids is 1. The van der Waals surface area contributed by atoms with Gasteiger partial charge in [0.05, 0.1) is 4.75 Å². The van der Waals surface area contributed by atoms with Crippen molar-refractivity contribution in [2.24, 2.45) is 7.05 Å². The van der Waals surface area contributed by atoms with Gasteiger partial charge in [-0.25, -0.2) is 9.19 Å². The van der Waals surface area contributed by atoms with Gasteiger partial charge in [-0.15, -0.1) is 0 Å². The molecule has 0 aliphatic rings. The largest absolute Gasteiger partial charge is 0.348 e. The highest BCUT2D eigenvalue weighted by Crippen LogP contribution is 2.08. The molecule has 1 unspecified atom stereocenters. The summed E-state index contributed by atoms with van der Waals surface area (Å²) in [4.78, 5) is 15.6. The molecule has 3 N–H and O–H groups in total. The van der Waals surface area contributed by atoms with E-state index in [2.05, 4.69) is 15.6 Å². The van der Waals surface area contributed by atoms with Gasteiger partial charge >= 0.3 is 0 Å². The molecule has 0 saturated heterocycles. The molecule has 1 atom stereocenters. The molecule has 0 bridgehead atoms. The summed E-state index contributed by atoms with van der Waals surface area (Å²) in [5.41, 5.74) is 0. The third-order valence-electron chi connectivity index (χ3n) is 2.64. The monoisotopic (exact) mass is 288 g/mol. The zero-order chi connectivity index (χ0) is 14.5. The number of amides is 1. The van der Waals surface area contributed by atoms with Gasteiger partial charge in [0.1, 0.15) is 0 Å². The van der Waals surface area contributed by atoms with Crippen LogP contribution in [0.15, 0.2) is 12.4 Å². The zero-order valence-electron chi connectivity index (χ0n) is 11.3. The second-order valence-corrected chi connectivity index (χ2v) is 6.41. The van der Waals surface area contributed by atoms with E-state index in [0.717, 1.165) is 0 Å². The average Bonchev–Trinajstić information content (AvgIpc) is 2.74. The van der Waals surface area contributed by atoms with Crippen LogP contribution < -0.4 is 10.6 Å². The van der Waals surface area contributed by atoms with Crippen LogP contribution in [0, 0.1) is 0 Å². The van der Waals surface area contributed by atoms with Crippen molar-refractivity contribution in [2.45, 2.75) is 18.6 Å². The lowest BCUT2D eigenvalue weighted by Gasteiger charge is -2.20. The number of nitrogens with zero attached hydrogens (tertiary/aromatic N) is 2. The van der Waals surface area contributed by atoms with E-state index in [9.17, 15) is 9.00 Å². The summed E-state index contributed by atoms with van der Waals surface area (Å²) in [6.45, 7) is 4.75. The quantitative estimate of drug-likeness (QED) is 0.474. The molecule has 8 heteroatoms. The second kappa shape index (κ2) is 6.78. The maximum atomic E-state index is 11.7. The lowest BCUT2D eigenvalue weighted by molar-refractivity contribution is 0.0940. The summed E-state index contributed by atoms with van der Waals surface area (Å²) in [6.07, 6.45) is 3.26. The Balaban J connectivity index is 2.24. The van der Waals surface area contributed by atoms with Gasteiger partial charge in [0.25, 0.3) is 5.91 Å². The van der Waals surface area contributed by atoms with E-state index >= 15 is 0 Å². The molecule has 1 rings (SSSR count). The highest BCUT2D eigenvalue weighted by Gasteiger charge is 2.23. The van der Waals surface area contributed by atoms with Gasteiger partial charge < -0.3 is 19.8 Å². The SMILES string of the molecule is Cn1ccnc1C(=O)NCCNCC(C)(C)S(=O)O. The minimum absolute atomic E-state index is 0.237. The highest BCUT2D eigenvalue weighted by atomic mass is 32.2. The standard InChI is InChI=1S/C11H20N4O3S/c1-11(2,19(17)18)8-12-4-5-14-10(16)9-13-6-7-15(9)3/h6-7,12H,4-5,8H2,1-3H3,(H,14,16)(H,17,18). The van der Waals surface area contributed by atoms with Crippen LogP contribution in [-0.2, 0) is 18.1 Å². The molecular formula is C11H20N4O3S. The van der Waals surface area contributed by atoms with E-state index in [1.165, 1.54) is 0 Å². The van der Waals surface area contributed by atoms with E-state index in [0.29, 0.717) is 25.5 Å². The number of carbonyl (C=O) groups is 1. The number of nitrogens with one attached hydrogen (secondary N) is 2. The van der Waals surface area contributed by atoms with Crippen LogP contribution in [0.25, 0.3) is 0 Å². The molecule has 0 radical (unpaired) electrons. The molecule has 1 aromatic heterocycles. The lowest BCUT2D eigenvalue weighted by atomic mass is 10.2. The van der Waals surface area contributed by atoms with Crippen molar-refractivity contribution in [2.75, 3.05) is 19.6 Å². The number of aromatic nitrogens is 2. The normalized spacial score (nSPS) is 13.3. The fourth-order valence-corrected chi connectivity index (χ4v) is 1.60. The van der Waals surface area contributed by atoms with E-state index in [1.54, 1.807) is 37.9 Å². The van der Waals surface area contributed by atoms with Gasteiger partial charge in [-0.3, -0.25) is 4.79 Å². The van der Waals surface area contributed by atoms with Crippen LogP contribution in [-0.4, -0.2) is 48.6 Å². The van der Waals surface area contributed by atoms with Gasteiger partial charge in [-0.1, -0.05) is 0 Å². The van der Waals surface area contributed by atoms with Crippen LogP contribution in [0.2, 0.25) is 0 Å². The van der Waals surface area contributed by atoms with Gasteiger partial charge in [0, 0.05) is 39.1 Å². The van der Waals surface area contributed by atoms with Crippen LogP contribution in [0.5, 0.6) is 0 Å². The van der Waals surface area contributed by atoms with E-state index in [1.807, 2.05) is 0 Å². The molecule has 19 heavy (non-hydrogen) atoms. The predicted molar refractivity (Wildman–Crippen MR) is 73.3 cm³/mol. The molecule has 1 amide bonds. The van der Waals surface area contributed by atoms with Gasteiger partial charge in [0.2, 0.25) is 0 Å². The molecular weight excluding hydrogens is 268 g/mol. The Kier molecular flexibility index (Phi) is 5.64. The van der Waals surface area contributed by atoms with Crippen molar-refractivity contribution in [1.29, 1.82) is 0 Å². The fourth-order valence-electron chi connectivity index (χ4n) is 1.38. The van der Waals surface area contributed by atoms with E-state index in [-0.39, 0.29) is 5.91 Å².